The molecule has 0 aliphatic carbocycles. The number of nitrogens with zero attached hydrogens (tertiary/aromatic N) is 1. The number of nitrogens with one attached hydrogen (secondary N) is 1. The minimum Gasteiger partial charge on any atom is -0.348 e. The molecule has 7 heteroatoms. The van der Waals surface area contributed by atoms with E-state index in [9.17, 15) is 14.9 Å². The quantitative estimate of drug-likeness (QED) is 0.686. The van der Waals surface area contributed by atoms with Gasteiger partial charge >= 0.3 is 0 Å². The van der Waals surface area contributed by atoms with Gasteiger partial charge in [0.15, 0.2) is 0 Å². The molecule has 21 heavy (non-hydrogen) atoms. The molecule has 5 nitrogen and oxygen atoms in total. The molecular formula is C14H10Cl2N2O3. The molecule has 0 bridgehead atoms. The van der Waals surface area contributed by atoms with Gasteiger partial charge in [0, 0.05) is 18.2 Å². The van der Waals surface area contributed by atoms with Gasteiger partial charge < -0.3 is 5.32 Å². The Kier molecular flexibility index (Phi) is 4.77. The van der Waals surface area contributed by atoms with Gasteiger partial charge in [0.05, 0.1) is 20.5 Å². The maximum atomic E-state index is 12.0. The molecule has 0 aliphatic heterocycles. The summed E-state index contributed by atoms with van der Waals surface area (Å²) in [5.74, 6) is -0.444. The largest absolute Gasteiger partial charge is 0.348 e. The molecule has 0 aromatic heterocycles. The van der Waals surface area contributed by atoms with Crippen molar-refractivity contribution in [3.63, 3.8) is 0 Å². The second-order valence-corrected chi connectivity index (χ2v) is 4.96. The monoisotopic (exact) mass is 324 g/mol. The van der Waals surface area contributed by atoms with E-state index >= 15 is 0 Å². The van der Waals surface area contributed by atoms with Crippen LogP contribution < -0.4 is 5.32 Å². The van der Waals surface area contributed by atoms with Gasteiger partial charge in [-0.3, -0.25) is 14.9 Å². The average Bonchev–Trinajstić information content (AvgIpc) is 2.47. The number of rotatable bonds is 4. The van der Waals surface area contributed by atoms with Crippen molar-refractivity contribution >= 4 is 34.8 Å². The van der Waals surface area contributed by atoms with Crippen LogP contribution in [-0.4, -0.2) is 10.8 Å². The Balaban J connectivity index is 2.15. The van der Waals surface area contributed by atoms with Crippen LogP contribution in [-0.2, 0) is 6.54 Å². The van der Waals surface area contributed by atoms with Gasteiger partial charge in [0.2, 0.25) is 0 Å². The number of amides is 1. The summed E-state index contributed by atoms with van der Waals surface area (Å²) < 4.78 is 0. The van der Waals surface area contributed by atoms with Crippen molar-refractivity contribution in [3.8, 4) is 0 Å². The molecule has 1 amide bonds. The lowest BCUT2D eigenvalue weighted by molar-refractivity contribution is -0.385. The number of halogens is 2. The summed E-state index contributed by atoms with van der Waals surface area (Å²) in [5.41, 5.74) is 0.590. The summed E-state index contributed by atoms with van der Waals surface area (Å²) in [7, 11) is 0. The number of nitro groups is 1. The van der Waals surface area contributed by atoms with Gasteiger partial charge in [0.25, 0.3) is 11.6 Å². The number of hydrogen-bond acceptors (Lipinski definition) is 3. The minimum absolute atomic E-state index is 0.0266. The third-order valence-electron chi connectivity index (χ3n) is 2.82. The van der Waals surface area contributed by atoms with E-state index in [1.807, 2.05) is 0 Å². The summed E-state index contributed by atoms with van der Waals surface area (Å²) in [5, 5.41) is 13.9. The molecule has 0 heterocycles. The highest BCUT2D eigenvalue weighted by Gasteiger charge is 2.15. The smallest absolute Gasteiger partial charge is 0.274 e. The molecule has 0 atom stereocenters. The van der Waals surface area contributed by atoms with Crippen LogP contribution in [0.1, 0.15) is 15.9 Å². The van der Waals surface area contributed by atoms with Crippen molar-refractivity contribution in [2.75, 3.05) is 0 Å². The van der Waals surface area contributed by atoms with E-state index in [0.29, 0.717) is 5.56 Å². The van der Waals surface area contributed by atoms with E-state index in [4.69, 9.17) is 23.2 Å². The fraction of sp³-hybridized carbons (Fsp3) is 0.0714. The molecule has 0 fully saturated rings. The van der Waals surface area contributed by atoms with Gasteiger partial charge in [-0.05, 0) is 12.1 Å². The SMILES string of the molecule is O=C(NCc1ccccc1[N+](=O)[O-])c1cccc(Cl)c1Cl. The Morgan fingerprint density at radius 2 is 1.86 bits per heavy atom. The third-order valence-corrected chi connectivity index (χ3v) is 3.64. The van der Waals surface area contributed by atoms with Crippen molar-refractivity contribution in [1.29, 1.82) is 0 Å². The highest BCUT2D eigenvalue weighted by atomic mass is 35.5. The fourth-order valence-corrected chi connectivity index (χ4v) is 2.17. The Labute approximate surface area is 130 Å². The second kappa shape index (κ2) is 6.56. The lowest BCUT2D eigenvalue weighted by Gasteiger charge is -2.08. The zero-order valence-corrected chi connectivity index (χ0v) is 12.2. The molecule has 2 rings (SSSR count). The first-order valence-electron chi connectivity index (χ1n) is 5.95. The zero-order valence-electron chi connectivity index (χ0n) is 10.7. The number of carbonyl (C=O) groups is 1. The number of hydrogen-bond donors (Lipinski definition) is 1. The predicted molar refractivity (Wildman–Crippen MR) is 80.7 cm³/mol. The van der Waals surface area contributed by atoms with Crippen molar-refractivity contribution in [2.24, 2.45) is 0 Å². The predicted octanol–water partition coefficient (Wildman–Crippen LogP) is 3.83. The average molecular weight is 325 g/mol. The molecule has 2 aromatic carbocycles. The standard InChI is InChI=1S/C14H10Cl2N2O3/c15-11-6-3-5-10(13(11)16)14(19)17-8-9-4-1-2-7-12(9)18(20)21/h1-7H,8H2,(H,17,19). The maximum absolute atomic E-state index is 12.0. The van der Waals surface area contributed by atoms with Gasteiger partial charge in [0.1, 0.15) is 0 Å². The molecule has 0 aliphatic rings. The van der Waals surface area contributed by atoms with Crippen LogP contribution in [0.15, 0.2) is 42.5 Å². The summed E-state index contributed by atoms with van der Waals surface area (Å²) >= 11 is 11.8. The van der Waals surface area contributed by atoms with E-state index in [-0.39, 0.29) is 27.8 Å². The number of carbonyl (C=O) groups excluding carboxylic acids is 1. The molecule has 1 N–H and O–H groups in total. The van der Waals surface area contributed by atoms with Crippen LogP contribution in [0.3, 0.4) is 0 Å². The first kappa shape index (κ1) is 15.3. The van der Waals surface area contributed by atoms with E-state index in [2.05, 4.69) is 5.32 Å². The summed E-state index contributed by atoms with van der Waals surface area (Å²) in [4.78, 5) is 22.4. The summed E-state index contributed by atoms with van der Waals surface area (Å²) in [6.45, 7) is 0.0266. The molecule has 0 saturated carbocycles. The Morgan fingerprint density at radius 3 is 2.57 bits per heavy atom. The normalized spacial score (nSPS) is 10.2. The molecule has 0 saturated heterocycles. The van der Waals surface area contributed by atoms with Crippen molar-refractivity contribution < 1.29 is 9.72 Å². The highest BCUT2D eigenvalue weighted by Crippen LogP contribution is 2.25. The third kappa shape index (κ3) is 3.51. The maximum Gasteiger partial charge on any atom is 0.274 e. The van der Waals surface area contributed by atoms with E-state index in [1.54, 1.807) is 30.3 Å². The molecule has 0 spiro atoms. The van der Waals surface area contributed by atoms with Crippen LogP contribution in [0.25, 0.3) is 0 Å². The first-order valence-corrected chi connectivity index (χ1v) is 6.71. The van der Waals surface area contributed by atoms with Crippen molar-refractivity contribution in [3.05, 3.63) is 73.8 Å². The van der Waals surface area contributed by atoms with Crippen LogP contribution in [0.5, 0.6) is 0 Å². The van der Waals surface area contributed by atoms with Gasteiger partial charge in [-0.1, -0.05) is 47.5 Å². The van der Waals surface area contributed by atoms with Gasteiger partial charge in [-0.25, -0.2) is 0 Å². The van der Waals surface area contributed by atoms with Gasteiger partial charge in [-0.15, -0.1) is 0 Å². The fourth-order valence-electron chi connectivity index (χ4n) is 1.79. The van der Waals surface area contributed by atoms with E-state index in [1.165, 1.54) is 12.1 Å². The van der Waals surface area contributed by atoms with Crippen LogP contribution in [0.4, 0.5) is 5.69 Å². The lowest BCUT2D eigenvalue weighted by atomic mass is 10.1. The topological polar surface area (TPSA) is 72.2 Å². The first-order chi connectivity index (χ1) is 10.0. The van der Waals surface area contributed by atoms with Crippen molar-refractivity contribution in [2.45, 2.75) is 6.54 Å². The number of benzene rings is 2. The van der Waals surface area contributed by atoms with Crippen LogP contribution in [0.2, 0.25) is 10.0 Å². The molecule has 0 unspecified atom stereocenters. The Hall–Kier alpha value is -2.11. The summed E-state index contributed by atoms with van der Waals surface area (Å²) in [6, 6.07) is 10.9. The molecular weight excluding hydrogens is 315 g/mol. The Morgan fingerprint density at radius 1 is 1.14 bits per heavy atom. The number of nitro benzene ring substituents is 1. The van der Waals surface area contributed by atoms with Crippen LogP contribution >= 0.6 is 23.2 Å². The zero-order chi connectivity index (χ0) is 15.4. The summed E-state index contributed by atoms with van der Waals surface area (Å²) in [6.07, 6.45) is 0. The molecule has 108 valence electrons. The minimum atomic E-state index is -0.492. The number of para-hydroxylation sites is 1. The lowest BCUT2D eigenvalue weighted by Crippen LogP contribution is -2.23. The van der Waals surface area contributed by atoms with Crippen LogP contribution in [0, 0.1) is 10.1 Å². The van der Waals surface area contributed by atoms with Crippen molar-refractivity contribution in [1.82, 2.24) is 5.32 Å². The van der Waals surface area contributed by atoms with E-state index < -0.39 is 10.8 Å². The Bertz CT molecular complexity index is 704. The van der Waals surface area contributed by atoms with E-state index in [0.717, 1.165) is 0 Å². The van der Waals surface area contributed by atoms with Gasteiger partial charge in [-0.2, -0.15) is 0 Å². The highest BCUT2D eigenvalue weighted by molar-refractivity contribution is 6.43. The molecule has 0 radical (unpaired) electrons. The second-order valence-electron chi connectivity index (χ2n) is 4.17. The molecule has 2 aromatic rings.